The molecule has 8 nitrogen and oxygen atoms in total. The molecule has 0 unspecified atom stereocenters. The van der Waals surface area contributed by atoms with Gasteiger partial charge in [-0.05, 0) is 6.42 Å². The quantitative estimate of drug-likeness (QED) is 0.287. The third-order valence-corrected chi connectivity index (χ3v) is 4.74. The molecule has 1 aliphatic carbocycles. The first kappa shape index (κ1) is 18.1. The van der Waals surface area contributed by atoms with Crippen LogP contribution in [0.2, 0.25) is 0 Å². The van der Waals surface area contributed by atoms with Crippen molar-refractivity contribution in [1.29, 1.82) is 0 Å². The molecule has 0 spiro atoms. The molecule has 9 atom stereocenters. The van der Waals surface area contributed by atoms with Gasteiger partial charge in [0.25, 0.3) is 0 Å². The fraction of sp³-hybridized carbons (Fsp3) is 0.846. The molecule has 0 aromatic carbocycles. The number of hydrogen-bond donors (Lipinski definition) is 7. The Labute approximate surface area is 132 Å². The highest BCUT2D eigenvalue weighted by molar-refractivity contribution is 6.30. The fourth-order valence-corrected chi connectivity index (χ4v) is 3.24. The van der Waals surface area contributed by atoms with E-state index in [1.54, 1.807) is 0 Å². The minimum absolute atomic E-state index is 0.0154. The van der Waals surface area contributed by atoms with Crippen LogP contribution >= 0.6 is 11.6 Å². The van der Waals surface area contributed by atoms with Gasteiger partial charge < -0.3 is 41.1 Å². The zero-order valence-electron chi connectivity index (χ0n) is 11.7. The van der Waals surface area contributed by atoms with Gasteiger partial charge in [0.2, 0.25) is 0 Å². The SMILES string of the molecule is N[C@@H]1C=C(Cl)[C@@H](O)[C@H](O)[C@@H]1C[C@H]1O[C@H](CO)[C@H](O)[C@H](O)[C@H]1O. The molecule has 2 rings (SSSR count). The van der Waals surface area contributed by atoms with E-state index < -0.39 is 61.3 Å². The molecule has 1 saturated heterocycles. The van der Waals surface area contributed by atoms with E-state index in [2.05, 4.69) is 0 Å². The van der Waals surface area contributed by atoms with E-state index in [1.165, 1.54) is 6.08 Å². The zero-order valence-corrected chi connectivity index (χ0v) is 12.5. The van der Waals surface area contributed by atoms with Gasteiger partial charge in [0.15, 0.2) is 0 Å². The molecule has 0 aromatic heterocycles. The first-order chi connectivity index (χ1) is 10.3. The Kier molecular flexibility index (Phi) is 5.81. The average molecular weight is 340 g/mol. The second kappa shape index (κ2) is 7.08. The second-order valence-electron chi connectivity index (χ2n) is 5.83. The van der Waals surface area contributed by atoms with Crippen molar-refractivity contribution in [3.8, 4) is 0 Å². The van der Waals surface area contributed by atoms with E-state index in [4.69, 9.17) is 27.2 Å². The van der Waals surface area contributed by atoms with Crippen molar-refractivity contribution in [3.05, 3.63) is 11.1 Å². The number of ether oxygens (including phenoxy) is 1. The minimum Gasteiger partial charge on any atom is -0.394 e. The summed E-state index contributed by atoms with van der Waals surface area (Å²) in [6.07, 6.45) is -7.43. The maximum Gasteiger partial charge on any atom is 0.115 e. The van der Waals surface area contributed by atoms with Crippen molar-refractivity contribution < 1.29 is 35.4 Å². The highest BCUT2D eigenvalue weighted by atomic mass is 35.5. The maximum absolute atomic E-state index is 10.1. The van der Waals surface area contributed by atoms with Gasteiger partial charge in [-0.3, -0.25) is 0 Å². The Morgan fingerprint density at radius 1 is 1.00 bits per heavy atom. The molecule has 0 bridgehead atoms. The number of aliphatic hydroxyl groups is 6. The number of halogens is 1. The van der Waals surface area contributed by atoms with Crippen LogP contribution in [0.3, 0.4) is 0 Å². The Morgan fingerprint density at radius 3 is 2.18 bits per heavy atom. The highest BCUT2D eigenvalue weighted by Crippen LogP contribution is 2.33. The molecule has 0 saturated carbocycles. The van der Waals surface area contributed by atoms with E-state index in [0.717, 1.165) is 0 Å². The summed E-state index contributed by atoms with van der Waals surface area (Å²) in [6.45, 7) is -0.533. The lowest BCUT2D eigenvalue weighted by atomic mass is 9.79. The van der Waals surface area contributed by atoms with Crippen LogP contribution in [0, 0.1) is 5.92 Å². The Bertz CT molecular complexity index is 421. The lowest BCUT2D eigenvalue weighted by Crippen LogP contribution is -2.60. The average Bonchev–Trinajstić information content (AvgIpc) is 2.49. The van der Waals surface area contributed by atoms with E-state index in [9.17, 15) is 25.5 Å². The number of hydrogen-bond acceptors (Lipinski definition) is 8. The van der Waals surface area contributed by atoms with E-state index in [1.807, 2.05) is 0 Å². The predicted octanol–water partition coefficient (Wildman–Crippen LogP) is -2.98. The predicted molar refractivity (Wildman–Crippen MR) is 75.8 cm³/mol. The number of aliphatic hydroxyl groups excluding tert-OH is 6. The van der Waals surface area contributed by atoms with E-state index in [0.29, 0.717) is 0 Å². The summed E-state index contributed by atoms with van der Waals surface area (Å²) in [5, 5.41) is 58.5. The van der Waals surface area contributed by atoms with Crippen LogP contribution < -0.4 is 5.73 Å². The van der Waals surface area contributed by atoms with Crippen molar-refractivity contribution in [2.24, 2.45) is 11.7 Å². The first-order valence-corrected chi connectivity index (χ1v) is 7.45. The summed E-state index contributed by atoms with van der Waals surface area (Å²) in [5.74, 6) is -0.668. The van der Waals surface area contributed by atoms with Gasteiger partial charge in [-0.1, -0.05) is 17.7 Å². The van der Waals surface area contributed by atoms with Crippen molar-refractivity contribution in [1.82, 2.24) is 0 Å². The highest BCUT2D eigenvalue weighted by Gasteiger charge is 2.46. The Balaban J connectivity index is 2.12. The maximum atomic E-state index is 10.1. The molecule has 8 N–H and O–H groups in total. The van der Waals surface area contributed by atoms with Crippen LogP contribution in [-0.2, 0) is 4.74 Å². The van der Waals surface area contributed by atoms with Gasteiger partial charge in [-0.15, -0.1) is 0 Å². The second-order valence-corrected chi connectivity index (χ2v) is 6.27. The minimum atomic E-state index is -1.49. The summed E-state index contributed by atoms with van der Waals surface area (Å²) in [6, 6.07) is -0.668. The largest absolute Gasteiger partial charge is 0.394 e. The third kappa shape index (κ3) is 3.30. The van der Waals surface area contributed by atoms with Crippen molar-refractivity contribution in [2.75, 3.05) is 6.61 Å². The van der Waals surface area contributed by atoms with Gasteiger partial charge in [0, 0.05) is 17.0 Å². The van der Waals surface area contributed by atoms with Crippen LogP contribution in [0.4, 0.5) is 0 Å². The van der Waals surface area contributed by atoms with Crippen LogP contribution in [-0.4, -0.2) is 86.0 Å². The molecule has 1 aliphatic heterocycles. The first-order valence-electron chi connectivity index (χ1n) is 7.07. The van der Waals surface area contributed by atoms with Crippen LogP contribution in [0.15, 0.2) is 11.1 Å². The van der Waals surface area contributed by atoms with Crippen molar-refractivity contribution >= 4 is 11.6 Å². The van der Waals surface area contributed by atoms with Gasteiger partial charge in [0.1, 0.15) is 30.5 Å². The lowest BCUT2D eigenvalue weighted by molar-refractivity contribution is -0.234. The molecule has 0 radical (unpaired) electrons. The topological polar surface area (TPSA) is 157 Å². The normalized spacial score (nSPS) is 49.8. The zero-order chi connectivity index (χ0) is 16.6. The van der Waals surface area contributed by atoms with Gasteiger partial charge in [0.05, 0.1) is 18.8 Å². The molecule has 9 heteroatoms. The fourth-order valence-electron chi connectivity index (χ4n) is 2.97. The van der Waals surface area contributed by atoms with Gasteiger partial charge in [-0.2, -0.15) is 0 Å². The standard InChI is InChI=1S/C13H22ClNO7/c14-5-2-6(15)4(9(17)10(5)18)1-7-11(19)13(21)12(20)8(3-16)22-7/h2,4,6-13,16-21H,1,3,15H2/t4-,6-,7-,8-,9-,10-,11+,12+,13-/m1/s1. The molecule has 128 valence electrons. The number of nitrogens with two attached hydrogens (primary N) is 1. The van der Waals surface area contributed by atoms with E-state index >= 15 is 0 Å². The summed E-state index contributed by atoms with van der Waals surface area (Å²) >= 11 is 5.77. The lowest BCUT2D eigenvalue weighted by Gasteiger charge is -2.43. The van der Waals surface area contributed by atoms with Gasteiger partial charge >= 0.3 is 0 Å². The summed E-state index contributed by atoms with van der Waals surface area (Å²) in [7, 11) is 0. The molecule has 22 heavy (non-hydrogen) atoms. The van der Waals surface area contributed by atoms with Crippen molar-refractivity contribution in [3.63, 3.8) is 0 Å². The molecular weight excluding hydrogens is 318 g/mol. The smallest absolute Gasteiger partial charge is 0.115 e. The molecular formula is C13H22ClNO7. The molecule has 0 amide bonds. The summed E-state index contributed by atoms with van der Waals surface area (Å²) < 4.78 is 5.38. The molecule has 0 aromatic rings. The van der Waals surface area contributed by atoms with E-state index in [-0.39, 0.29) is 11.5 Å². The van der Waals surface area contributed by atoms with Crippen molar-refractivity contribution in [2.45, 2.75) is 55.2 Å². The van der Waals surface area contributed by atoms with Crippen LogP contribution in [0.5, 0.6) is 0 Å². The van der Waals surface area contributed by atoms with Crippen LogP contribution in [0.25, 0.3) is 0 Å². The third-order valence-electron chi connectivity index (χ3n) is 4.39. The molecule has 2 aliphatic rings. The Hall–Kier alpha value is -0.290. The monoisotopic (exact) mass is 339 g/mol. The molecule has 1 fully saturated rings. The van der Waals surface area contributed by atoms with Crippen LogP contribution in [0.1, 0.15) is 6.42 Å². The molecule has 1 heterocycles. The summed E-state index contributed by atoms with van der Waals surface area (Å²) in [5.41, 5.74) is 5.88. The summed E-state index contributed by atoms with van der Waals surface area (Å²) in [4.78, 5) is 0. The Morgan fingerprint density at radius 2 is 1.59 bits per heavy atom. The number of rotatable bonds is 3. The van der Waals surface area contributed by atoms with Gasteiger partial charge in [-0.25, -0.2) is 0 Å².